The van der Waals surface area contributed by atoms with Gasteiger partial charge >= 0.3 is 0 Å². The summed E-state index contributed by atoms with van der Waals surface area (Å²) in [6.45, 7) is 3.84. The summed E-state index contributed by atoms with van der Waals surface area (Å²) in [6.07, 6.45) is 4.48. The fourth-order valence-electron chi connectivity index (χ4n) is 2.93. The number of thioether (sulfide) groups is 1. The Morgan fingerprint density at radius 2 is 1.80 bits per heavy atom. The third-order valence-corrected chi connectivity index (χ3v) is 5.50. The van der Waals surface area contributed by atoms with Crippen LogP contribution >= 0.6 is 11.8 Å². The highest BCUT2D eigenvalue weighted by atomic mass is 32.2. The highest BCUT2D eigenvalue weighted by Crippen LogP contribution is 2.47. The molecule has 0 radical (unpaired) electrons. The minimum atomic E-state index is -0.209. The van der Waals surface area contributed by atoms with E-state index < -0.39 is 0 Å². The zero-order valence-electron chi connectivity index (χ0n) is 9.25. The average Bonchev–Trinajstić information content (AvgIpc) is 2.81. The second kappa shape index (κ2) is 3.62. The summed E-state index contributed by atoms with van der Waals surface area (Å²) >= 11 is 2.09. The van der Waals surface area contributed by atoms with Crippen LogP contribution in [0.5, 0.6) is 0 Å². The molecule has 0 bridgehead atoms. The van der Waals surface area contributed by atoms with Crippen LogP contribution < -0.4 is 5.32 Å². The molecule has 0 aromatic carbocycles. The van der Waals surface area contributed by atoms with Crippen molar-refractivity contribution in [2.24, 2.45) is 0 Å². The van der Waals surface area contributed by atoms with Gasteiger partial charge in [0.1, 0.15) is 0 Å². The summed E-state index contributed by atoms with van der Waals surface area (Å²) in [5.41, 5.74) is 0. The monoisotopic (exact) mass is 229 g/mol. The van der Waals surface area contributed by atoms with Crippen LogP contribution in [-0.2, 0) is 9.47 Å². The molecule has 1 atom stereocenters. The van der Waals surface area contributed by atoms with Crippen molar-refractivity contribution in [1.29, 1.82) is 0 Å². The van der Waals surface area contributed by atoms with Crippen LogP contribution in [0.15, 0.2) is 0 Å². The van der Waals surface area contributed by atoms with Crippen molar-refractivity contribution < 1.29 is 9.47 Å². The number of rotatable bonds is 0. The van der Waals surface area contributed by atoms with Crippen molar-refractivity contribution in [3.05, 3.63) is 0 Å². The maximum Gasteiger partial charge on any atom is 0.168 e. The highest BCUT2D eigenvalue weighted by molar-refractivity contribution is 8.00. The van der Waals surface area contributed by atoms with Gasteiger partial charge in [-0.05, 0) is 19.8 Å². The highest BCUT2D eigenvalue weighted by Gasteiger charge is 2.48. The molecule has 3 rings (SSSR count). The van der Waals surface area contributed by atoms with E-state index in [0.29, 0.717) is 10.9 Å². The van der Waals surface area contributed by atoms with Crippen LogP contribution in [0.1, 0.15) is 32.6 Å². The van der Waals surface area contributed by atoms with Crippen LogP contribution in [0.2, 0.25) is 0 Å². The first-order valence-corrected chi connectivity index (χ1v) is 6.90. The lowest BCUT2D eigenvalue weighted by Crippen LogP contribution is -2.48. The van der Waals surface area contributed by atoms with Gasteiger partial charge in [-0.3, -0.25) is 5.32 Å². The smallest absolute Gasteiger partial charge is 0.168 e. The van der Waals surface area contributed by atoms with Gasteiger partial charge in [-0.2, -0.15) is 0 Å². The molecule has 1 saturated carbocycles. The van der Waals surface area contributed by atoms with Gasteiger partial charge in [0.05, 0.1) is 18.1 Å². The summed E-state index contributed by atoms with van der Waals surface area (Å²) in [6, 6.07) is 0.662. The molecule has 3 fully saturated rings. The first-order chi connectivity index (χ1) is 7.22. The third-order valence-electron chi connectivity index (χ3n) is 3.75. The summed E-state index contributed by atoms with van der Waals surface area (Å²) in [7, 11) is 0. The second-order valence-electron chi connectivity index (χ2n) is 4.96. The summed E-state index contributed by atoms with van der Waals surface area (Å²) in [4.78, 5) is 0.333. The van der Waals surface area contributed by atoms with Gasteiger partial charge in [0, 0.05) is 24.6 Å². The van der Waals surface area contributed by atoms with Gasteiger partial charge in [0.25, 0.3) is 0 Å². The predicted octanol–water partition coefficient (Wildman–Crippen LogP) is 1.72. The van der Waals surface area contributed by atoms with Gasteiger partial charge in [-0.25, -0.2) is 0 Å². The van der Waals surface area contributed by atoms with E-state index in [0.717, 1.165) is 26.1 Å². The molecule has 2 spiro atoms. The van der Waals surface area contributed by atoms with Gasteiger partial charge in [0.15, 0.2) is 5.79 Å². The van der Waals surface area contributed by atoms with Crippen LogP contribution in [0, 0.1) is 0 Å². The Balaban J connectivity index is 1.65. The lowest BCUT2D eigenvalue weighted by atomic mass is 9.89. The molecule has 0 amide bonds. The van der Waals surface area contributed by atoms with Crippen LogP contribution in [0.25, 0.3) is 0 Å². The van der Waals surface area contributed by atoms with Crippen LogP contribution in [0.3, 0.4) is 0 Å². The van der Waals surface area contributed by atoms with E-state index >= 15 is 0 Å². The average molecular weight is 229 g/mol. The number of hydrogen-bond donors (Lipinski definition) is 1. The minimum Gasteiger partial charge on any atom is -0.348 e. The van der Waals surface area contributed by atoms with E-state index in [4.69, 9.17) is 9.47 Å². The van der Waals surface area contributed by atoms with Crippen LogP contribution in [0.4, 0.5) is 0 Å². The molecule has 2 aliphatic heterocycles. The Hall–Kier alpha value is 0.230. The van der Waals surface area contributed by atoms with Gasteiger partial charge in [-0.1, -0.05) is 0 Å². The maximum atomic E-state index is 5.75. The molecule has 1 N–H and O–H groups in total. The quantitative estimate of drug-likeness (QED) is 0.685. The predicted molar refractivity (Wildman–Crippen MR) is 60.9 cm³/mol. The van der Waals surface area contributed by atoms with E-state index in [1.54, 1.807) is 0 Å². The SMILES string of the molecule is CC1CSC2(CCC3(CC2)OCCO3)N1. The zero-order chi connectivity index (χ0) is 10.4. The Kier molecular flexibility index (Phi) is 2.51. The molecule has 1 unspecified atom stereocenters. The van der Waals surface area contributed by atoms with Gasteiger partial charge in [-0.15, -0.1) is 11.8 Å². The summed E-state index contributed by atoms with van der Waals surface area (Å²) in [5.74, 6) is 1.04. The summed E-state index contributed by atoms with van der Waals surface area (Å²) in [5, 5.41) is 3.73. The maximum absolute atomic E-state index is 5.75. The van der Waals surface area contributed by atoms with Gasteiger partial charge in [0.2, 0.25) is 0 Å². The van der Waals surface area contributed by atoms with E-state index in [1.807, 2.05) is 0 Å². The van der Waals surface area contributed by atoms with Crippen molar-refractivity contribution in [3.63, 3.8) is 0 Å². The van der Waals surface area contributed by atoms with Crippen molar-refractivity contribution in [2.45, 2.75) is 49.3 Å². The van der Waals surface area contributed by atoms with Crippen LogP contribution in [-0.4, -0.2) is 35.7 Å². The third kappa shape index (κ3) is 1.82. The van der Waals surface area contributed by atoms with Crippen molar-refractivity contribution in [1.82, 2.24) is 5.32 Å². The fraction of sp³-hybridized carbons (Fsp3) is 1.00. The van der Waals surface area contributed by atoms with E-state index in [9.17, 15) is 0 Å². The lowest BCUT2D eigenvalue weighted by molar-refractivity contribution is -0.181. The van der Waals surface area contributed by atoms with Crippen molar-refractivity contribution in [2.75, 3.05) is 19.0 Å². The first-order valence-electron chi connectivity index (χ1n) is 5.92. The molecular weight excluding hydrogens is 210 g/mol. The Morgan fingerprint density at radius 1 is 1.13 bits per heavy atom. The molecule has 0 aromatic heterocycles. The molecule has 1 aliphatic carbocycles. The van der Waals surface area contributed by atoms with Crippen molar-refractivity contribution >= 4 is 11.8 Å². The Labute approximate surface area is 95.3 Å². The Morgan fingerprint density at radius 3 is 2.33 bits per heavy atom. The standard InChI is InChI=1S/C11H19NO2S/c1-9-8-15-10(12-9)2-4-11(5-3-10)13-6-7-14-11/h9,12H,2-8H2,1H3. The molecule has 0 aromatic rings. The van der Waals surface area contributed by atoms with E-state index in [2.05, 4.69) is 24.0 Å². The van der Waals surface area contributed by atoms with E-state index in [-0.39, 0.29) is 5.79 Å². The minimum absolute atomic E-state index is 0.209. The Bertz CT molecular complexity index is 243. The fourth-order valence-corrected chi connectivity index (χ4v) is 4.36. The lowest BCUT2D eigenvalue weighted by Gasteiger charge is -2.41. The first kappa shape index (κ1) is 10.4. The van der Waals surface area contributed by atoms with Gasteiger partial charge < -0.3 is 9.47 Å². The number of nitrogens with one attached hydrogen (secondary N) is 1. The molecule has 2 heterocycles. The normalized spacial score (nSPS) is 37.8. The number of hydrogen-bond acceptors (Lipinski definition) is 4. The molecule has 86 valence electrons. The van der Waals surface area contributed by atoms with E-state index in [1.165, 1.54) is 18.6 Å². The number of ether oxygens (including phenoxy) is 2. The topological polar surface area (TPSA) is 30.5 Å². The second-order valence-corrected chi connectivity index (χ2v) is 6.36. The largest absolute Gasteiger partial charge is 0.348 e. The molecule has 15 heavy (non-hydrogen) atoms. The molecule has 3 nitrogen and oxygen atoms in total. The van der Waals surface area contributed by atoms with Crippen molar-refractivity contribution in [3.8, 4) is 0 Å². The molecule has 3 aliphatic rings. The molecule has 4 heteroatoms. The zero-order valence-corrected chi connectivity index (χ0v) is 10.1. The molecular formula is C11H19NO2S. The molecule has 2 saturated heterocycles. The summed E-state index contributed by atoms with van der Waals surface area (Å²) < 4.78 is 11.5.